The van der Waals surface area contributed by atoms with Crippen molar-refractivity contribution in [2.45, 2.75) is 0 Å². The summed E-state index contributed by atoms with van der Waals surface area (Å²) in [5.41, 5.74) is 0. The Labute approximate surface area is 62.4 Å². The average molecular weight is 103 g/mol. The maximum absolute atomic E-state index is 0. The molecular weight excluding hydrogens is 96.6 g/mol. The van der Waals surface area contributed by atoms with Crippen LogP contribution >= 0.6 is 0 Å². The first-order valence-electron chi connectivity index (χ1n) is 0. The summed E-state index contributed by atoms with van der Waals surface area (Å²) >= 11 is 0. The van der Waals surface area contributed by atoms with Gasteiger partial charge in [-0.3, -0.25) is 0 Å². The SMILES string of the molecule is O.[Mg+2].[MgH2].[OH-].[OH-]. The topological polar surface area (TPSA) is 91.5 Å². The molecule has 0 aromatic carbocycles. The van der Waals surface area contributed by atoms with Gasteiger partial charge in [-0.25, -0.2) is 0 Å². The Morgan fingerprint density at radius 3 is 0.800 bits per heavy atom. The van der Waals surface area contributed by atoms with Crippen molar-refractivity contribution in [2.24, 2.45) is 0 Å². The molecule has 0 atom stereocenters. The smallest absolute Gasteiger partial charge is 0.870 e. The second-order valence-corrected chi connectivity index (χ2v) is 0. The molecule has 3 nitrogen and oxygen atoms in total. The molecule has 0 rings (SSSR count). The van der Waals surface area contributed by atoms with Crippen molar-refractivity contribution in [2.75, 3.05) is 0 Å². The molecule has 4 N–H and O–H groups in total. The molecule has 0 aromatic rings. The normalized spacial score (nSPS) is 0. The maximum Gasteiger partial charge on any atom is 2.00 e. The molecule has 0 aromatic heterocycles. The molecule has 0 saturated heterocycles. The summed E-state index contributed by atoms with van der Waals surface area (Å²) in [5, 5.41) is 0. The fourth-order valence-electron chi connectivity index (χ4n) is 0. The molecule has 0 fully saturated rings. The molecule has 0 aliphatic heterocycles. The third kappa shape index (κ3) is 31.6. The van der Waals surface area contributed by atoms with Gasteiger partial charge in [-0.2, -0.15) is 0 Å². The minimum atomic E-state index is 0. The van der Waals surface area contributed by atoms with Crippen LogP contribution in [0.25, 0.3) is 0 Å². The van der Waals surface area contributed by atoms with Crippen LogP contribution in [0.2, 0.25) is 0 Å². The summed E-state index contributed by atoms with van der Waals surface area (Å²) < 4.78 is 0. The third-order valence-electron chi connectivity index (χ3n) is 0. The second-order valence-electron chi connectivity index (χ2n) is 0. The van der Waals surface area contributed by atoms with Gasteiger partial charge < -0.3 is 16.4 Å². The summed E-state index contributed by atoms with van der Waals surface area (Å²) in [6.07, 6.45) is 0. The molecule has 0 bridgehead atoms. The molecule has 0 unspecified atom stereocenters. The van der Waals surface area contributed by atoms with Crippen LogP contribution in [-0.4, -0.2) is 62.5 Å². The van der Waals surface area contributed by atoms with Crippen LogP contribution in [0.4, 0.5) is 0 Å². The first-order chi connectivity index (χ1) is 0. The van der Waals surface area contributed by atoms with E-state index in [1.54, 1.807) is 0 Å². The Morgan fingerprint density at radius 1 is 0.800 bits per heavy atom. The van der Waals surface area contributed by atoms with Crippen molar-refractivity contribution in [3.63, 3.8) is 0 Å². The van der Waals surface area contributed by atoms with Crippen molar-refractivity contribution in [3.8, 4) is 0 Å². The van der Waals surface area contributed by atoms with Crippen molar-refractivity contribution in [1.29, 1.82) is 0 Å². The van der Waals surface area contributed by atoms with Crippen LogP contribution in [-0.2, 0) is 0 Å². The van der Waals surface area contributed by atoms with Gasteiger partial charge in [-0.1, -0.05) is 0 Å². The van der Waals surface area contributed by atoms with Gasteiger partial charge in [0.2, 0.25) is 0 Å². The number of hydrogen-bond donors (Lipinski definition) is 0. The first-order valence-corrected chi connectivity index (χ1v) is 0. The van der Waals surface area contributed by atoms with E-state index >= 15 is 0 Å². The van der Waals surface area contributed by atoms with E-state index in [9.17, 15) is 0 Å². The van der Waals surface area contributed by atoms with Gasteiger partial charge in [0, 0.05) is 0 Å². The van der Waals surface area contributed by atoms with E-state index in [0.717, 1.165) is 0 Å². The van der Waals surface area contributed by atoms with Gasteiger partial charge in [-0.15, -0.1) is 0 Å². The van der Waals surface area contributed by atoms with Gasteiger partial charge in [0.1, 0.15) is 0 Å². The monoisotopic (exact) mass is 102 g/mol. The van der Waals surface area contributed by atoms with E-state index in [4.69, 9.17) is 0 Å². The molecule has 5 heavy (non-hydrogen) atoms. The van der Waals surface area contributed by atoms with Gasteiger partial charge in [0.15, 0.2) is 0 Å². The Morgan fingerprint density at radius 2 is 0.800 bits per heavy atom. The van der Waals surface area contributed by atoms with Crippen LogP contribution in [0.15, 0.2) is 0 Å². The van der Waals surface area contributed by atoms with Gasteiger partial charge >= 0.3 is 46.1 Å². The van der Waals surface area contributed by atoms with E-state index in [0.29, 0.717) is 0 Å². The largest absolute Gasteiger partial charge is 2.00 e. The molecule has 0 heterocycles. The first kappa shape index (κ1) is 94.2. The van der Waals surface area contributed by atoms with E-state index < -0.39 is 0 Å². The predicted molar refractivity (Wildman–Crippen MR) is 21.8 cm³/mol. The number of rotatable bonds is 0. The van der Waals surface area contributed by atoms with Gasteiger partial charge in [0.25, 0.3) is 0 Å². The predicted octanol–water partition coefficient (Wildman–Crippen LogP) is -2.48. The zero-order chi connectivity index (χ0) is 0. The maximum atomic E-state index is 0. The summed E-state index contributed by atoms with van der Waals surface area (Å²) in [6.45, 7) is 0. The van der Waals surface area contributed by atoms with E-state index in [-0.39, 0.29) is 62.5 Å². The van der Waals surface area contributed by atoms with Gasteiger partial charge in [-0.05, 0) is 0 Å². The quantitative estimate of drug-likeness (QED) is 0.317. The van der Waals surface area contributed by atoms with E-state index in [2.05, 4.69) is 0 Å². The fraction of sp³-hybridized carbons (Fsp3) is 0. The molecule has 0 spiro atoms. The molecule has 5 heteroatoms. The summed E-state index contributed by atoms with van der Waals surface area (Å²) in [5.74, 6) is 0. The summed E-state index contributed by atoms with van der Waals surface area (Å²) in [4.78, 5) is 0. The van der Waals surface area contributed by atoms with Crippen molar-refractivity contribution >= 4 is 46.1 Å². The molecule has 0 aliphatic rings. The Balaban J connectivity index is 0. The molecule has 28 valence electrons. The molecule has 0 amide bonds. The second kappa shape index (κ2) is 52.8. The van der Waals surface area contributed by atoms with Crippen molar-refractivity contribution in [1.82, 2.24) is 0 Å². The van der Waals surface area contributed by atoms with Crippen molar-refractivity contribution in [3.05, 3.63) is 0 Å². The van der Waals surface area contributed by atoms with E-state index in [1.807, 2.05) is 0 Å². The average Bonchev–Trinajstić information content (AvgIpc) is 0. The summed E-state index contributed by atoms with van der Waals surface area (Å²) in [7, 11) is 0. The summed E-state index contributed by atoms with van der Waals surface area (Å²) in [6, 6.07) is 0. The molecule has 0 saturated carbocycles. The Hall–Kier alpha value is 1.41. The Kier molecular flexibility index (Phi) is 995. The van der Waals surface area contributed by atoms with E-state index in [1.165, 1.54) is 0 Å². The van der Waals surface area contributed by atoms with Crippen LogP contribution in [0.1, 0.15) is 0 Å². The van der Waals surface area contributed by atoms with Crippen LogP contribution in [0.5, 0.6) is 0 Å². The standard InChI is InChI=1S/2Mg.3H2O.2H/h;;3*1H2;;/q;+2;;;;;/p-2. The van der Waals surface area contributed by atoms with Crippen LogP contribution in [0, 0.1) is 0 Å². The zero-order valence-corrected chi connectivity index (χ0v) is 3.52. The minimum Gasteiger partial charge on any atom is -0.870 e. The zero-order valence-electron chi connectivity index (χ0n) is 2.10. The molecule has 0 aliphatic carbocycles. The fourth-order valence-corrected chi connectivity index (χ4v) is 0. The minimum absolute atomic E-state index is 0. The molecule has 0 radical (unpaired) electrons. The number of hydrogen-bond acceptors (Lipinski definition) is 2. The molecular formula is H6Mg2O3. The van der Waals surface area contributed by atoms with Crippen LogP contribution in [0.3, 0.4) is 0 Å². The van der Waals surface area contributed by atoms with Gasteiger partial charge in [0.05, 0.1) is 0 Å². The van der Waals surface area contributed by atoms with Crippen LogP contribution < -0.4 is 0 Å². The van der Waals surface area contributed by atoms with Crippen molar-refractivity contribution < 1.29 is 16.4 Å². The third-order valence-corrected chi connectivity index (χ3v) is 0. The Bertz CT molecular complexity index is 4.85.